The summed E-state index contributed by atoms with van der Waals surface area (Å²) in [6.45, 7) is 1.10. The molecule has 0 unspecified atom stereocenters. The highest BCUT2D eigenvalue weighted by Gasteiger charge is 2.18. The monoisotopic (exact) mass is 372 g/mol. The molecule has 0 spiro atoms. The van der Waals surface area contributed by atoms with Crippen LogP contribution in [0.5, 0.6) is 0 Å². The Hall–Kier alpha value is -1.62. The Balaban J connectivity index is 1.78. The van der Waals surface area contributed by atoms with E-state index >= 15 is 0 Å². The van der Waals surface area contributed by atoms with E-state index in [1.54, 1.807) is 0 Å². The van der Waals surface area contributed by atoms with Crippen molar-refractivity contribution in [3.63, 3.8) is 0 Å². The standard InChI is InChI=1S/C18H21BrN4/c1-22-11-14(8-21-22)16-12-23(10-13-5-3-2-4-6-13)17-9-20-18(19)7-15(16)17/h7-9,11-13H,2-6,10H2,1H3. The van der Waals surface area contributed by atoms with E-state index in [1.807, 2.05) is 24.1 Å². The summed E-state index contributed by atoms with van der Waals surface area (Å²) in [5.41, 5.74) is 3.63. The van der Waals surface area contributed by atoms with Gasteiger partial charge in [-0.15, -0.1) is 0 Å². The Kier molecular flexibility index (Phi) is 3.97. The van der Waals surface area contributed by atoms with Crippen molar-refractivity contribution in [1.82, 2.24) is 19.3 Å². The summed E-state index contributed by atoms with van der Waals surface area (Å²) in [4.78, 5) is 4.45. The first-order chi connectivity index (χ1) is 11.2. The number of fused-ring (bicyclic) bond motifs is 1. The van der Waals surface area contributed by atoms with Crippen molar-refractivity contribution in [1.29, 1.82) is 0 Å². The third-order valence-electron chi connectivity index (χ3n) is 4.93. The van der Waals surface area contributed by atoms with Crippen LogP contribution in [0, 0.1) is 5.92 Å². The Labute approximate surface area is 144 Å². The minimum absolute atomic E-state index is 0.796. The topological polar surface area (TPSA) is 35.6 Å². The van der Waals surface area contributed by atoms with Crippen LogP contribution in [0.3, 0.4) is 0 Å². The van der Waals surface area contributed by atoms with Crippen LogP contribution in [0.2, 0.25) is 0 Å². The molecule has 0 atom stereocenters. The molecule has 0 aliphatic heterocycles. The molecule has 3 aromatic rings. The van der Waals surface area contributed by atoms with Crippen LogP contribution < -0.4 is 0 Å². The highest BCUT2D eigenvalue weighted by Crippen LogP contribution is 2.33. The molecule has 0 aromatic carbocycles. The summed E-state index contributed by atoms with van der Waals surface area (Å²) in [6, 6.07) is 2.12. The van der Waals surface area contributed by atoms with Crippen molar-refractivity contribution in [2.24, 2.45) is 13.0 Å². The molecule has 1 aliphatic carbocycles. The lowest BCUT2D eigenvalue weighted by Gasteiger charge is -2.22. The first kappa shape index (κ1) is 14.9. The lowest BCUT2D eigenvalue weighted by atomic mass is 9.89. The smallest absolute Gasteiger partial charge is 0.106 e. The predicted molar refractivity (Wildman–Crippen MR) is 96.2 cm³/mol. The Bertz CT molecular complexity index is 827. The van der Waals surface area contributed by atoms with Gasteiger partial charge in [-0.2, -0.15) is 5.10 Å². The fraction of sp³-hybridized carbons (Fsp3) is 0.444. The number of halogens is 1. The van der Waals surface area contributed by atoms with Crippen molar-refractivity contribution >= 4 is 26.8 Å². The lowest BCUT2D eigenvalue weighted by molar-refractivity contribution is 0.322. The van der Waals surface area contributed by atoms with Crippen LogP contribution >= 0.6 is 15.9 Å². The molecule has 4 rings (SSSR count). The number of hydrogen-bond donors (Lipinski definition) is 0. The SMILES string of the molecule is Cn1cc(-c2cn(CC3CCCCC3)c3cnc(Br)cc23)cn1. The van der Waals surface area contributed by atoms with E-state index in [2.05, 4.69) is 49.0 Å². The van der Waals surface area contributed by atoms with Gasteiger partial charge in [0, 0.05) is 42.5 Å². The molecule has 1 aliphatic rings. The summed E-state index contributed by atoms with van der Waals surface area (Å²) < 4.78 is 5.13. The second-order valence-electron chi connectivity index (χ2n) is 6.63. The van der Waals surface area contributed by atoms with Crippen molar-refractivity contribution in [3.05, 3.63) is 35.5 Å². The molecule has 0 saturated heterocycles. The maximum atomic E-state index is 4.45. The average Bonchev–Trinajstić information content (AvgIpc) is 3.12. The predicted octanol–water partition coefficient (Wildman–Crippen LogP) is 4.78. The molecule has 120 valence electrons. The fourth-order valence-electron chi connectivity index (χ4n) is 3.75. The second kappa shape index (κ2) is 6.11. The van der Waals surface area contributed by atoms with Crippen LogP contribution in [0.1, 0.15) is 32.1 Å². The maximum Gasteiger partial charge on any atom is 0.106 e. The number of aromatic nitrogens is 4. The number of nitrogens with zero attached hydrogens (tertiary/aromatic N) is 4. The third-order valence-corrected chi connectivity index (χ3v) is 5.36. The van der Waals surface area contributed by atoms with E-state index in [-0.39, 0.29) is 0 Å². The van der Waals surface area contributed by atoms with E-state index in [9.17, 15) is 0 Å². The van der Waals surface area contributed by atoms with Crippen LogP contribution in [0.25, 0.3) is 22.0 Å². The number of pyridine rings is 1. The van der Waals surface area contributed by atoms with Gasteiger partial charge >= 0.3 is 0 Å². The zero-order valence-corrected chi connectivity index (χ0v) is 15.0. The quantitative estimate of drug-likeness (QED) is 0.620. The first-order valence-electron chi connectivity index (χ1n) is 8.34. The van der Waals surface area contributed by atoms with Gasteiger partial charge in [-0.25, -0.2) is 4.98 Å². The number of aryl methyl sites for hydroxylation is 1. The molecular formula is C18H21BrN4. The van der Waals surface area contributed by atoms with E-state index in [0.29, 0.717) is 0 Å². The normalized spacial score (nSPS) is 16.3. The summed E-state index contributed by atoms with van der Waals surface area (Å²) in [7, 11) is 1.96. The van der Waals surface area contributed by atoms with Crippen LogP contribution in [-0.2, 0) is 13.6 Å². The van der Waals surface area contributed by atoms with Gasteiger partial charge in [0.05, 0.1) is 17.9 Å². The Morgan fingerprint density at radius 3 is 2.74 bits per heavy atom. The van der Waals surface area contributed by atoms with E-state index < -0.39 is 0 Å². The van der Waals surface area contributed by atoms with Gasteiger partial charge in [-0.3, -0.25) is 4.68 Å². The van der Waals surface area contributed by atoms with Gasteiger partial charge < -0.3 is 4.57 Å². The minimum atomic E-state index is 0.796. The largest absolute Gasteiger partial charge is 0.345 e. The van der Waals surface area contributed by atoms with Gasteiger partial charge in [0.2, 0.25) is 0 Å². The molecule has 3 heterocycles. The summed E-state index contributed by atoms with van der Waals surface area (Å²) in [5.74, 6) is 0.796. The molecule has 3 aromatic heterocycles. The molecule has 23 heavy (non-hydrogen) atoms. The average molecular weight is 373 g/mol. The number of hydrogen-bond acceptors (Lipinski definition) is 2. The summed E-state index contributed by atoms with van der Waals surface area (Å²) in [5, 5.41) is 5.57. The fourth-order valence-corrected chi connectivity index (χ4v) is 4.08. The Morgan fingerprint density at radius 2 is 2.00 bits per heavy atom. The van der Waals surface area contributed by atoms with Crippen molar-refractivity contribution in [3.8, 4) is 11.1 Å². The third kappa shape index (κ3) is 2.94. The molecular weight excluding hydrogens is 352 g/mol. The van der Waals surface area contributed by atoms with Crippen molar-refractivity contribution in [2.45, 2.75) is 38.6 Å². The summed E-state index contributed by atoms with van der Waals surface area (Å²) in [6.07, 6.45) is 15.1. The lowest BCUT2D eigenvalue weighted by Crippen LogP contribution is -2.13. The van der Waals surface area contributed by atoms with E-state index in [4.69, 9.17) is 0 Å². The van der Waals surface area contributed by atoms with E-state index in [0.717, 1.165) is 22.6 Å². The highest BCUT2D eigenvalue weighted by molar-refractivity contribution is 9.10. The van der Waals surface area contributed by atoms with Gasteiger partial charge in [0.15, 0.2) is 0 Å². The van der Waals surface area contributed by atoms with Gasteiger partial charge in [-0.05, 0) is 40.8 Å². The van der Waals surface area contributed by atoms with Crippen molar-refractivity contribution in [2.75, 3.05) is 0 Å². The zero-order chi connectivity index (χ0) is 15.8. The molecule has 0 radical (unpaired) electrons. The van der Waals surface area contributed by atoms with Gasteiger partial charge in [0.25, 0.3) is 0 Å². The van der Waals surface area contributed by atoms with E-state index in [1.165, 1.54) is 48.6 Å². The van der Waals surface area contributed by atoms with Crippen LogP contribution in [-0.4, -0.2) is 19.3 Å². The highest BCUT2D eigenvalue weighted by atomic mass is 79.9. The molecule has 0 amide bonds. The molecule has 5 heteroatoms. The molecule has 0 bridgehead atoms. The zero-order valence-electron chi connectivity index (χ0n) is 13.4. The molecule has 4 nitrogen and oxygen atoms in total. The minimum Gasteiger partial charge on any atom is -0.345 e. The molecule has 1 fully saturated rings. The Morgan fingerprint density at radius 1 is 1.17 bits per heavy atom. The van der Waals surface area contributed by atoms with Gasteiger partial charge in [-0.1, -0.05) is 19.3 Å². The second-order valence-corrected chi connectivity index (χ2v) is 7.44. The molecule has 0 N–H and O–H groups in total. The van der Waals surface area contributed by atoms with Crippen LogP contribution in [0.15, 0.2) is 35.5 Å². The first-order valence-corrected chi connectivity index (χ1v) is 9.13. The van der Waals surface area contributed by atoms with Crippen molar-refractivity contribution < 1.29 is 0 Å². The summed E-state index contributed by atoms with van der Waals surface area (Å²) >= 11 is 3.51. The van der Waals surface area contributed by atoms with Crippen LogP contribution in [0.4, 0.5) is 0 Å². The maximum absolute atomic E-state index is 4.45. The molecule has 1 saturated carbocycles. The van der Waals surface area contributed by atoms with Gasteiger partial charge in [0.1, 0.15) is 4.60 Å². The number of rotatable bonds is 3.